The van der Waals surface area contributed by atoms with Crippen LogP contribution in [0.5, 0.6) is 0 Å². The number of nitrogens with two attached hydrogens (primary N) is 1. The first-order valence-corrected chi connectivity index (χ1v) is 4.24. The Morgan fingerprint density at radius 2 is 1.92 bits per heavy atom. The van der Waals surface area contributed by atoms with Crippen molar-refractivity contribution in [3.8, 4) is 12.3 Å². The van der Waals surface area contributed by atoms with Gasteiger partial charge >= 0.3 is 0 Å². The molecule has 1 rings (SSSR count). The Morgan fingerprint density at radius 3 is 2.25 bits per heavy atom. The van der Waals surface area contributed by atoms with Crippen molar-refractivity contribution in [2.45, 2.75) is 45.1 Å². The lowest BCUT2D eigenvalue weighted by Crippen LogP contribution is -2.45. The lowest BCUT2D eigenvalue weighted by atomic mass is 9.69. The van der Waals surface area contributed by atoms with E-state index in [0.717, 1.165) is 12.8 Å². The van der Waals surface area contributed by atoms with E-state index in [0.29, 0.717) is 5.41 Å². The number of halogens is 1. The Kier molecular flexibility index (Phi) is 3.62. The smallest absolute Gasteiger partial charge is 0.0778 e. The van der Waals surface area contributed by atoms with E-state index < -0.39 is 0 Å². The molecule has 2 N–H and O–H groups in total. The van der Waals surface area contributed by atoms with E-state index in [1.165, 1.54) is 12.8 Å². The molecule has 0 aromatic carbocycles. The zero-order valence-corrected chi connectivity index (χ0v) is 8.71. The van der Waals surface area contributed by atoms with Gasteiger partial charge in [-0.2, -0.15) is 0 Å². The monoisotopic (exact) mass is 187 g/mol. The van der Waals surface area contributed by atoms with Gasteiger partial charge in [0.1, 0.15) is 0 Å². The topological polar surface area (TPSA) is 26.0 Å². The van der Waals surface area contributed by atoms with Crippen molar-refractivity contribution in [3.63, 3.8) is 0 Å². The van der Waals surface area contributed by atoms with E-state index in [9.17, 15) is 0 Å². The van der Waals surface area contributed by atoms with Gasteiger partial charge in [0.25, 0.3) is 0 Å². The van der Waals surface area contributed by atoms with Gasteiger partial charge in [-0.25, -0.2) is 0 Å². The highest BCUT2D eigenvalue weighted by Gasteiger charge is 2.35. The minimum absolute atomic E-state index is 0. The molecular formula is C10H18ClN. The highest BCUT2D eigenvalue weighted by Crippen LogP contribution is 2.39. The molecule has 1 nitrogen and oxygen atoms in total. The van der Waals surface area contributed by atoms with Gasteiger partial charge in [-0.1, -0.05) is 26.2 Å². The minimum Gasteiger partial charge on any atom is -0.315 e. The highest BCUT2D eigenvalue weighted by atomic mass is 35.5. The van der Waals surface area contributed by atoms with E-state index in [4.69, 9.17) is 12.2 Å². The largest absolute Gasteiger partial charge is 0.315 e. The van der Waals surface area contributed by atoms with Crippen LogP contribution in [0.15, 0.2) is 0 Å². The average Bonchev–Trinajstić information content (AvgIpc) is 1.85. The van der Waals surface area contributed by atoms with Gasteiger partial charge in [0.15, 0.2) is 0 Å². The molecule has 1 saturated carbocycles. The summed E-state index contributed by atoms with van der Waals surface area (Å²) in [5.74, 6) is 2.71. The summed E-state index contributed by atoms with van der Waals surface area (Å²) in [6, 6.07) is 0. The molecule has 0 aromatic rings. The number of hydrogen-bond donors (Lipinski definition) is 1. The molecule has 0 heterocycles. The molecule has 1 atom stereocenters. The van der Waals surface area contributed by atoms with Crippen molar-refractivity contribution in [1.29, 1.82) is 0 Å². The van der Waals surface area contributed by atoms with Crippen LogP contribution in [0.25, 0.3) is 0 Å². The fourth-order valence-electron chi connectivity index (χ4n) is 2.04. The molecule has 0 saturated heterocycles. The fraction of sp³-hybridized carbons (Fsp3) is 0.800. The maximum Gasteiger partial charge on any atom is 0.0778 e. The summed E-state index contributed by atoms with van der Waals surface area (Å²) in [6.07, 6.45) is 9.78. The Labute approximate surface area is 81.5 Å². The second kappa shape index (κ2) is 3.68. The summed E-state index contributed by atoms with van der Waals surface area (Å²) in [5.41, 5.74) is 6.03. The summed E-state index contributed by atoms with van der Waals surface area (Å²) in [4.78, 5) is 0. The zero-order valence-electron chi connectivity index (χ0n) is 7.89. The van der Waals surface area contributed by atoms with Crippen LogP contribution < -0.4 is 5.73 Å². The maximum atomic E-state index is 6.00. The lowest BCUT2D eigenvalue weighted by Gasteiger charge is -2.39. The Hall–Kier alpha value is -0.190. The summed E-state index contributed by atoms with van der Waals surface area (Å²) >= 11 is 0. The molecule has 70 valence electrons. The lowest BCUT2D eigenvalue weighted by molar-refractivity contribution is 0.187. The molecule has 0 aliphatic heterocycles. The van der Waals surface area contributed by atoms with Crippen molar-refractivity contribution in [2.75, 3.05) is 0 Å². The molecule has 1 unspecified atom stereocenters. The van der Waals surface area contributed by atoms with Crippen LogP contribution in [0, 0.1) is 17.8 Å². The summed E-state index contributed by atoms with van der Waals surface area (Å²) < 4.78 is 0. The van der Waals surface area contributed by atoms with Crippen LogP contribution in [-0.2, 0) is 0 Å². The first kappa shape index (κ1) is 11.8. The predicted octanol–water partition coefficient (Wildman–Crippen LogP) is 2.34. The van der Waals surface area contributed by atoms with Crippen LogP contribution in [0.1, 0.15) is 39.5 Å². The molecule has 0 aromatic heterocycles. The van der Waals surface area contributed by atoms with Crippen molar-refractivity contribution in [3.05, 3.63) is 0 Å². The van der Waals surface area contributed by atoms with Crippen LogP contribution in [-0.4, -0.2) is 5.54 Å². The Bertz CT molecular complexity index is 193. The van der Waals surface area contributed by atoms with Crippen molar-refractivity contribution in [1.82, 2.24) is 0 Å². The van der Waals surface area contributed by atoms with Gasteiger partial charge in [0, 0.05) is 0 Å². The first-order chi connectivity index (χ1) is 4.97. The molecule has 1 fully saturated rings. The normalized spacial score (nSPS) is 33.2. The molecule has 0 bridgehead atoms. The van der Waals surface area contributed by atoms with Crippen molar-refractivity contribution >= 4 is 12.4 Å². The third kappa shape index (κ3) is 2.69. The Balaban J connectivity index is 0.00000121. The van der Waals surface area contributed by atoms with Gasteiger partial charge in [-0.3, -0.25) is 0 Å². The molecule has 2 heteroatoms. The predicted molar refractivity (Wildman–Crippen MR) is 55.2 cm³/mol. The van der Waals surface area contributed by atoms with Crippen LogP contribution in [0.3, 0.4) is 0 Å². The molecule has 0 spiro atoms. The average molecular weight is 188 g/mol. The van der Waals surface area contributed by atoms with Crippen LogP contribution >= 0.6 is 12.4 Å². The molecule has 0 amide bonds. The van der Waals surface area contributed by atoms with E-state index in [-0.39, 0.29) is 17.9 Å². The van der Waals surface area contributed by atoms with E-state index in [1.807, 2.05) is 0 Å². The van der Waals surface area contributed by atoms with Crippen LogP contribution in [0.4, 0.5) is 0 Å². The quantitative estimate of drug-likeness (QED) is 0.579. The first-order valence-electron chi connectivity index (χ1n) is 4.24. The minimum atomic E-state index is -0.318. The van der Waals surface area contributed by atoms with Crippen LogP contribution in [0.2, 0.25) is 0 Å². The fourth-order valence-corrected chi connectivity index (χ4v) is 2.04. The number of hydrogen-bond acceptors (Lipinski definition) is 1. The molecule has 0 radical (unpaired) electrons. The zero-order chi connectivity index (χ0) is 8.54. The van der Waals surface area contributed by atoms with E-state index >= 15 is 0 Å². The molecular weight excluding hydrogens is 170 g/mol. The van der Waals surface area contributed by atoms with Crippen molar-refractivity contribution < 1.29 is 0 Å². The third-order valence-electron chi connectivity index (χ3n) is 2.56. The summed E-state index contributed by atoms with van der Waals surface area (Å²) in [5, 5.41) is 0. The van der Waals surface area contributed by atoms with Gasteiger partial charge in [-0.15, -0.1) is 18.8 Å². The molecule has 12 heavy (non-hydrogen) atoms. The van der Waals surface area contributed by atoms with Crippen molar-refractivity contribution in [2.24, 2.45) is 11.1 Å². The summed E-state index contributed by atoms with van der Waals surface area (Å²) in [7, 11) is 0. The van der Waals surface area contributed by atoms with Gasteiger partial charge in [-0.05, 0) is 24.7 Å². The highest BCUT2D eigenvalue weighted by molar-refractivity contribution is 5.85. The van der Waals surface area contributed by atoms with Gasteiger partial charge in [0.05, 0.1) is 5.54 Å². The second-order valence-corrected chi connectivity index (χ2v) is 4.50. The Morgan fingerprint density at radius 1 is 1.33 bits per heavy atom. The molecule has 1 aliphatic rings. The van der Waals surface area contributed by atoms with E-state index in [1.54, 1.807) is 0 Å². The third-order valence-corrected chi connectivity index (χ3v) is 2.56. The molecule has 1 aliphatic carbocycles. The number of terminal acetylenes is 1. The maximum absolute atomic E-state index is 6.00. The number of rotatable bonds is 0. The standard InChI is InChI=1S/C10H17N.ClH/c1-4-10(11)7-5-6-9(2,3)8-10;/h1H,5-8,11H2,2-3H3;1H. The summed E-state index contributed by atoms with van der Waals surface area (Å²) in [6.45, 7) is 4.48. The van der Waals surface area contributed by atoms with Gasteiger partial charge in [0.2, 0.25) is 0 Å². The van der Waals surface area contributed by atoms with Gasteiger partial charge < -0.3 is 5.73 Å². The SMILES string of the molecule is C#CC1(N)CCCC(C)(C)C1.Cl. The van der Waals surface area contributed by atoms with E-state index in [2.05, 4.69) is 19.8 Å². The second-order valence-electron chi connectivity index (χ2n) is 4.50.